The lowest BCUT2D eigenvalue weighted by Gasteiger charge is -2.39. The van der Waals surface area contributed by atoms with Gasteiger partial charge in [-0.3, -0.25) is 109 Å². The number of hydrogen-bond acceptors (Lipinski definition) is 19. The highest BCUT2D eigenvalue weighted by Crippen LogP contribution is 2.40. The number of likely N-dealkylation sites (N-methyl/N-ethyl adjacent to an activating group) is 1. The van der Waals surface area contributed by atoms with Gasteiger partial charge < -0.3 is 0 Å². The van der Waals surface area contributed by atoms with Gasteiger partial charge in [0, 0.05) is 30.5 Å². The predicted molar refractivity (Wildman–Crippen MR) is 485 cm³/mol. The third-order valence-electron chi connectivity index (χ3n) is 22.5. The Bertz CT molecular complexity index is 6030. The Labute approximate surface area is 762 Å². The quantitative estimate of drug-likeness (QED) is 0.0364. The van der Waals surface area contributed by atoms with Crippen LogP contribution in [0, 0.1) is 5.92 Å². The van der Waals surface area contributed by atoms with Crippen LogP contribution in [0.2, 0.25) is 0 Å². The molecule has 6 heterocycles. The molecule has 6 saturated heterocycles. The van der Waals surface area contributed by atoms with Crippen molar-refractivity contribution >= 4 is 130 Å². The molecule has 31 heteroatoms. The fourth-order valence-corrected chi connectivity index (χ4v) is 16.1. The van der Waals surface area contributed by atoms with Crippen molar-refractivity contribution in [1.29, 1.82) is 0 Å². The van der Waals surface area contributed by atoms with E-state index in [-0.39, 0.29) is 37.2 Å². The summed E-state index contributed by atoms with van der Waals surface area (Å²) >= 11 is 0. The van der Waals surface area contributed by atoms with E-state index >= 15 is 0 Å². The number of Topliss-reactive ketones (excluding diaryl/α,β-unsaturated/α-hetero) is 1. The summed E-state index contributed by atoms with van der Waals surface area (Å²) < 4.78 is 0. The van der Waals surface area contributed by atoms with E-state index in [0.717, 1.165) is 62.2 Å². The van der Waals surface area contributed by atoms with E-state index in [0.29, 0.717) is 56.0 Å². The highest BCUT2D eigenvalue weighted by atomic mass is 16.2. The van der Waals surface area contributed by atoms with E-state index in [2.05, 4.69) is 21.3 Å². The standard InChI is InChI=1S/C31H24N2O4.C17H14N2O3.C16H18N2O3.C16H12N2O3.C12H12N2O3.C10H8N2O3/c34-27(23-15-7-2-8-16-23)21-26(22-13-5-1-6-14-22)28-29(35)32(24-17-9-3-10-18-24)31(37)33(30(28)36)25-19-11-4-12-20-25;20-15-14(13-9-5-2-6-10-13)16(21)19(17(22)18-15)11-12-7-3-1-4-8-12;2*19-14-13(11-7-3-1-4-8-11)15(20)18(16(21)17-14)12-9-5-2-6-10-12;1-2-14-11(16)9(10(15)13-12(14)17)8-6-4-3-5-7-8;13-8-7(6-4-2-1-3-5-6)9(14)12-10(15)11-8/h1-20,26,28H,21H2;1-10,14H,11H2,(H,18,20,22);1,3-4,7-8,12-13H,2,5-6,9-10H2,(H,17,19,21);1-10,13H,(H,17,19,21);3-7,9H,2H2,1H3,(H,13,15,17);1-5,7H,(H2,11,12,13,14,15). The highest BCUT2D eigenvalue weighted by molar-refractivity contribution is 6.37. The number of amides is 24. The molecular weight excluding hydrogens is 1700 g/mol. The number of urea groups is 6. The number of carbonyl (C=O) groups excluding carboxylic acids is 19. The van der Waals surface area contributed by atoms with Crippen molar-refractivity contribution in [2.45, 2.75) is 93.5 Å². The lowest BCUT2D eigenvalue weighted by molar-refractivity contribution is -0.142. The Morgan fingerprint density at radius 3 is 1.01 bits per heavy atom. The number of rotatable bonds is 17. The molecule has 670 valence electrons. The van der Waals surface area contributed by atoms with Crippen molar-refractivity contribution in [3.63, 3.8) is 0 Å². The average Bonchev–Trinajstić information content (AvgIpc) is 0.735. The summed E-state index contributed by atoms with van der Waals surface area (Å²) in [5.74, 6) is -13.6. The van der Waals surface area contributed by atoms with Crippen LogP contribution in [0.3, 0.4) is 0 Å². The normalized spacial score (nSPS) is 18.5. The minimum absolute atomic E-state index is 0.0738. The molecule has 0 bridgehead atoms. The van der Waals surface area contributed by atoms with Crippen molar-refractivity contribution in [2.75, 3.05) is 21.2 Å². The van der Waals surface area contributed by atoms with Crippen LogP contribution in [-0.4, -0.2) is 140 Å². The van der Waals surface area contributed by atoms with Gasteiger partial charge in [-0.15, -0.1) is 0 Å². The van der Waals surface area contributed by atoms with E-state index < -0.39 is 143 Å². The zero-order valence-corrected chi connectivity index (χ0v) is 71.5. The van der Waals surface area contributed by atoms with Gasteiger partial charge in [-0.2, -0.15) is 0 Å². The Hall–Kier alpha value is -17.3. The first-order valence-corrected chi connectivity index (χ1v) is 42.6. The lowest BCUT2D eigenvalue weighted by atomic mass is 9.78. The average molecular weight is 1790 g/mol. The van der Waals surface area contributed by atoms with E-state index in [1.165, 1.54) is 4.90 Å². The summed E-state index contributed by atoms with van der Waals surface area (Å²) in [6, 6.07) is 92.1. The SMILES string of the molecule is CCN1C(=O)NC(=O)C(c2ccccc2)C1=O.O=C(CC(c1ccccc1)C1C(=O)N(c2ccccc2)C(=O)N(c2ccccc2)C1=O)c1ccccc1.O=C1NC(=O)C(c2ccccc2)C(=O)N1.O=C1NC(=O)N(C2CCCCC2)C(=O)C1c1ccccc1.O=C1NC(=O)N(Cc2ccccc2)C(=O)C1c1ccccc1.O=C1NC(=O)N(c2ccccc2)C(=O)C1c1ccccc1. The van der Waals surface area contributed by atoms with Gasteiger partial charge in [0.05, 0.1) is 23.6 Å². The number of barbiturate groups is 6. The molecule has 1 aliphatic carbocycles. The summed E-state index contributed by atoms with van der Waals surface area (Å²) in [5, 5.41) is 13.1. The molecule has 0 aromatic heterocycles. The second-order valence-electron chi connectivity index (χ2n) is 31.0. The van der Waals surface area contributed by atoms with Crippen LogP contribution >= 0.6 is 0 Å². The first kappa shape index (κ1) is 93.4. The highest BCUT2D eigenvalue weighted by Gasteiger charge is 2.52. The number of para-hydroxylation sites is 3. The van der Waals surface area contributed by atoms with Gasteiger partial charge in [0.2, 0.25) is 65.0 Å². The number of anilines is 3. The monoisotopic (exact) mass is 1780 g/mol. The van der Waals surface area contributed by atoms with Gasteiger partial charge in [0.15, 0.2) is 5.78 Å². The summed E-state index contributed by atoms with van der Waals surface area (Å²) in [7, 11) is 0. The molecule has 1 saturated carbocycles. The van der Waals surface area contributed by atoms with E-state index in [1.807, 2.05) is 77.4 Å². The van der Waals surface area contributed by atoms with Crippen LogP contribution in [0.4, 0.5) is 45.8 Å². The molecule has 6 aliphatic heterocycles. The van der Waals surface area contributed by atoms with Crippen LogP contribution in [0.15, 0.2) is 334 Å². The Balaban J connectivity index is 0.000000139. The molecule has 24 amide bonds. The molecule has 0 radical (unpaired) electrons. The number of carbonyl (C=O) groups is 19. The molecule has 5 atom stereocenters. The summed E-state index contributed by atoms with van der Waals surface area (Å²) in [6.07, 6.45) is 4.76. The minimum atomic E-state index is -1.28. The zero-order chi connectivity index (χ0) is 94.2. The fourth-order valence-electron chi connectivity index (χ4n) is 16.1. The number of imide groups is 12. The van der Waals surface area contributed by atoms with Crippen LogP contribution in [0.5, 0.6) is 0 Å². The summed E-state index contributed by atoms with van der Waals surface area (Å²) in [4.78, 5) is 240. The molecule has 133 heavy (non-hydrogen) atoms. The molecule has 7 fully saturated rings. The molecule has 11 aromatic carbocycles. The molecule has 31 nitrogen and oxygen atoms in total. The van der Waals surface area contributed by atoms with Gasteiger partial charge in [-0.1, -0.05) is 317 Å². The Morgan fingerprint density at radius 2 is 0.609 bits per heavy atom. The van der Waals surface area contributed by atoms with Crippen molar-refractivity contribution < 1.29 is 91.1 Å². The van der Waals surface area contributed by atoms with Crippen molar-refractivity contribution in [2.24, 2.45) is 5.92 Å². The molecule has 0 spiro atoms. The minimum Gasteiger partial charge on any atom is -0.294 e. The van der Waals surface area contributed by atoms with Crippen LogP contribution < -0.4 is 46.6 Å². The largest absolute Gasteiger partial charge is 0.342 e. The van der Waals surface area contributed by atoms with Gasteiger partial charge in [0.25, 0.3) is 5.91 Å². The number of ketones is 1. The van der Waals surface area contributed by atoms with Gasteiger partial charge in [-0.25, -0.2) is 43.5 Å². The Morgan fingerprint density at radius 1 is 0.301 bits per heavy atom. The molecule has 7 aliphatic rings. The first-order chi connectivity index (χ1) is 64.4. The molecule has 11 aromatic rings. The maximum Gasteiger partial charge on any atom is 0.342 e. The molecule has 6 N–H and O–H groups in total. The second-order valence-corrected chi connectivity index (χ2v) is 31.0. The van der Waals surface area contributed by atoms with Gasteiger partial charge in [0.1, 0.15) is 35.5 Å². The molecule has 18 rings (SSSR count). The van der Waals surface area contributed by atoms with E-state index in [9.17, 15) is 91.1 Å². The fraction of sp³-hybridized carbons (Fsp3) is 0.167. The predicted octanol–water partition coefficient (Wildman–Crippen LogP) is 13.1. The third-order valence-corrected chi connectivity index (χ3v) is 22.5. The number of nitrogens with zero attached hydrogens (tertiary/aromatic N) is 6. The first-order valence-electron chi connectivity index (χ1n) is 42.6. The smallest absolute Gasteiger partial charge is 0.294 e. The second kappa shape index (κ2) is 44.0. The van der Waals surface area contributed by atoms with Crippen LogP contribution in [0.25, 0.3) is 0 Å². The zero-order valence-electron chi connectivity index (χ0n) is 71.5. The summed E-state index contributed by atoms with van der Waals surface area (Å²) in [6.45, 7) is 2.08. The van der Waals surface area contributed by atoms with Gasteiger partial charge >= 0.3 is 36.2 Å². The van der Waals surface area contributed by atoms with E-state index in [1.54, 1.807) is 274 Å². The number of benzene rings is 11. The summed E-state index contributed by atoms with van der Waals surface area (Å²) in [5.41, 5.74) is 6.09. The van der Waals surface area contributed by atoms with Crippen molar-refractivity contribution in [1.82, 2.24) is 46.6 Å². The van der Waals surface area contributed by atoms with Crippen LogP contribution in [0.1, 0.15) is 130 Å². The van der Waals surface area contributed by atoms with Crippen molar-refractivity contribution in [3.8, 4) is 0 Å². The van der Waals surface area contributed by atoms with Gasteiger partial charge in [-0.05, 0) is 95.1 Å². The third kappa shape index (κ3) is 22.1. The molecular formula is C102H88N12O19. The Kier molecular flexibility index (Phi) is 30.9. The van der Waals surface area contributed by atoms with E-state index in [4.69, 9.17) is 0 Å². The lowest BCUT2D eigenvalue weighted by Crippen LogP contribution is -2.61. The molecule has 5 unspecified atom stereocenters. The number of hydrogen-bond donors (Lipinski definition) is 6. The van der Waals surface area contributed by atoms with Crippen molar-refractivity contribution in [3.05, 3.63) is 378 Å². The van der Waals surface area contributed by atoms with Crippen LogP contribution in [-0.2, 0) is 64.1 Å². The maximum absolute atomic E-state index is 14.0. The topological polar surface area (TPSA) is 416 Å². The number of nitrogens with one attached hydrogen (secondary N) is 6. The maximum atomic E-state index is 14.0.